The lowest BCUT2D eigenvalue weighted by atomic mass is 9.78. The van der Waals surface area contributed by atoms with Gasteiger partial charge in [-0.2, -0.15) is 0 Å². The molecule has 1 aliphatic rings. The lowest BCUT2D eigenvalue weighted by molar-refractivity contribution is 0.0879. The summed E-state index contributed by atoms with van der Waals surface area (Å²) >= 11 is 0. The van der Waals surface area contributed by atoms with Crippen molar-refractivity contribution in [2.45, 2.75) is 39.2 Å². The molecule has 4 nitrogen and oxygen atoms in total. The van der Waals surface area contributed by atoms with Crippen LogP contribution >= 0.6 is 0 Å². The maximum Gasteiger partial charge on any atom is 0.251 e. The van der Waals surface area contributed by atoms with Crippen LogP contribution in [-0.4, -0.2) is 17.9 Å². The molecule has 1 aromatic carbocycles. The lowest BCUT2D eigenvalue weighted by Crippen LogP contribution is -2.45. The van der Waals surface area contributed by atoms with Crippen molar-refractivity contribution in [2.75, 3.05) is 0 Å². The van der Waals surface area contributed by atoms with Crippen LogP contribution in [0.4, 0.5) is 0 Å². The minimum Gasteiger partial charge on any atom is -0.366 e. The van der Waals surface area contributed by atoms with Gasteiger partial charge in [0.2, 0.25) is 5.91 Å². The molecule has 3 N–H and O–H groups in total. The highest BCUT2D eigenvalue weighted by atomic mass is 16.2. The molecule has 0 bridgehead atoms. The number of nitrogens with one attached hydrogen (secondary N) is 1. The van der Waals surface area contributed by atoms with E-state index in [-0.39, 0.29) is 11.9 Å². The summed E-state index contributed by atoms with van der Waals surface area (Å²) in [5, 5.41) is 3.13. The van der Waals surface area contributed by atoms with E-state index in [0.717, 1.165) is 12.8 Å². The fourth-order valence-corrected chi connectivity index (χ4v) is 2.99. The van der Waals surface area contributed by atoms with Crippen LogP contribution in [0, 0.1) is 11.8 Å². The molecule has 2 atom stereocenters. The summed E-state index contributed by atoms with van der Waals surface area (Å²) < 4.78 is 0. The number of carbonyl (C=O) groups excluding carboxylic acids is 2. The number of amides is 2. The zero-order valence-corrected chi connectivity index (χ0v) is 12.1. The van der Waals surface area contributed by atoms with E-state index in [4.69, 9.17) is 5.73 Å². The molecule has 0 aliphatic heterocycles. The van der Waals surface area contributed by atoms with Gasteiger partial charge in [0.05, 0.1) is 0 Å². The van der Waals surface area contributed by atoms with Crippen LogP contribution in [0.25, 0.3) is 0 Å². The zero-order chi connectivity index (χ0) is 14.7. The average Bonchev–Trinajstić information content (AvgIpc) is 2.43. The first-order valence-corrected chi connectivity index (χ1v) is 7.19. The van der Waals surface area contributed by atoms with Crippen LogP contribution in [0.1, 0.15) is 53.8 Å². The highest BCUT2D eigenvalue weighted by Gasteiger charge is 2.29. The Bertz CT molecular complexity index is 486. The summed E-state index contributed by atoms with van der Waals surface area (Å²) in [6.07, 6.45) is 3.56. The van der Waals surface area contributed by atoms with Crippen LogP contribution in [-0.2, 0) is 0 Å². The van der Waals surface area contributed by atoms with Crippen molar-refractivity contribution in [1.82, 2.24) is 5.32 Å². The molecule has 0 heterocycles. The third kappa shape index (κ3) is 3.18. The first-order chi connectivity index (χ1) is 9.49. The van der Waals surface area contributed by atoms with Gasteiger partial charge in [0, 0.05) is 17.2 Å². The molecule has 0 spiro atoms. The quantitative estimate of drug-likeness (QED) is 0.888. The Balaban J connectivity index is 2.05. The van der Waals surface area contributed by atoms with Gasteiger partial charge in [-0.15, -0.1) is 0 Å². The molecular formula is C16H22N2O2. The van der Waals surface area contributed by atoms with Crippen molar-refractivity contribution < 1.29 is 9.59 Å². The molecule has 0 radical (unpaired) electrons. The Morgan fingerprint density at radius 1 is 1.05 bits per heavy atom. The van der Waals surface area contributed by atoms with Crippen molar-refractivity contribution in [3.63, 3.8) is 0 Å². The minimum absolute atomic E-state index is 0.0772. The van der Waals surface area contributed by atoms with Crippen LogP contribution < -0.4 is 11.1 Å². The van der Waals surface area contributed by atoms with Gasteiger partial charge < -0.3 is 11.1 Å². The number of benzene rings is 1. The SMILES string of the molecule is C[C@H]1CCC[C@H](C)C1NC(=O)c1ccc(C(N)=O)cc1. The van der Waals surface area contributed by atoms with Crippen molar-refractivity contribution in [3.8, 4) is 0 Å². The number of hydrogen-bond acceptors (Lipinski definition) is 2. The topological polar surface area (TPSA) is 72.2 Å². The van der Waals surface area contributed by atoms with E-state index in [1.165, 1.54) is 6.42 Å². The number of primary amides is 1. The van der Waals surface area contributed by atoms with Gasteiger partial charge in [-0.1, -0.05) is 20.3 Å². The van der Waals surface area contributed by atoms with E-state index in [0.29, 0.717) is 23.0 Å². The molecule has 1 aliphatic carbocycles. The largest absolute Gasteiger partial charge is 0.366 e. The molecule has 1 saturated carbocycles. The van der Waals surface area contributed by atoms with E-state index in [9.17, 15) is 9.59 Å². The third-order valence-corrected chi connectivity index (χ3v) is 4.27. The molecule has 0 saturated heterocycles. The minimum atomic E-state index is -0.480. The van der Waals surface area contributed by atoms with Crippen molar-refractivity contribution in [1.29, 1.82) is 0 Å². The summed E-state index contributed by atoms with van der Waals surface area (Å²) in [6.45, 7) is 4.38. The fourth-order valence-electron chi connectivity index (χ4n) is 2.99. The van der Waals surface area contributed by atoms with Gasteiger partial charge in [0.1, 0.15) is 0 Å². The Labute approximate surface area is 119 Å². The van der Waals surface area contributed by atoms with Crippen LogP contribution in [0.5, 0.6) is 0 Å². The van der Waals surface area contributed by atoms with Crippen LogP contribution in [0.15, 0.2) is 24.3 Å². The summed E-state index contributed by atoms with van der Waals surface area (Å²) in [5.41, 5.74) is 6.17. The van der Waals surface area contributed by atoms with Gasteiger partial charge in [0.15, 0.2) is 0 Å². The average molecular weight is 274 g/mol. The predicted molar refractivity (Wildman–Crippen MR) is 78.4 cm³/mol. The van der Waals surface area contributed by atoms with Crippen molar-refractivity contribution in [2.24, 2.45) is 17.6 Å². The molecule has 1 aromatic rings. The second kappa shape index (κ2) is 6.07. The Morgan fingerprint density at radius 2 is 1.55 bits per heavy atom. The van der Waals surface area contributed by atoms with Crippen molar-refractivity contribution >= 4 is 11.8 Å². The van der Waals surface area contributed by atoms with Gasteiger partial charge in [-0.25, -0.2) is 0 Å². The van der Waals surface area contributed by atoms with E-state index in [1.807, 2.05) is 0 Å². The van der Waals surface area contributed by atoms with Gasteiger partial charge in [-0.3, -0.25) is 9.59 Å². The second-order valence-corrected chi connectivity index (χ2v) is 5.83. The normalized spacial score (nSPS) is 23.3. The van der Waals surface area contributed by atoms with Crippen LogP contribution in [0.2, 0.25) is 0 Å². The molecule has 1 fully saturated rings. The molecule has 0 aromatic heterocycles. The fraction of sp³-hybridized carbons (Fsp3) is 0.500. The molecule has 4 heteroatoms. The Hall–Kier alpha value is -1.84. The molecule has 20 heavy (non-hydrogen) atoms. The summed E-state index contributed by atoms with van der Waals surface area (Å²) in [4.78, 5) is 23.3. The standard InChI is InChI=1S/C16H22N2O2/c1-10-4-3-5-11(2)14(10)18-16(20)13-8-6-12(7-9-13)15(17)19/h6-11,14H,3-5H2,1-2H3,(H2,17,19)(H,18,20)/t10-,11-/m0/s1. The molecule has 2 rings (SSSR count). The molecule has 0 unspecified atom stereocenters. The zero-order valence-electron chi connectivity index (χ0n) is 12.1. The number of nitrogens with two attached hydrogens (primary N) is 1. The third-order valence-electron chi connectivity index (χ3n) is 4.27. The maximum absolute atomic E-state index is 12.3. The Kier molecular flexibility index (Phi) is 4.42. The molecule has 2 amide bonds. The maximum atomic E-state index is 12.3. The Morgan fingerprint density at radius 3 is 2.05 bits per heavy atom. The summed E-state index contributed by atoms with van der Waals surface area (Å²) in [6, 6.07) is 6.70. The van der Waals surface area contributed by atoms with Gasteiger partial charge >= 0.3 is 0 Å². The first-order valence-electron chi connectivity index (χ1n) is 7.19. The van der Waals surface area contributed by atoms with Gasteiger partial charge in [0.25, 0.3) is 5.91 Å². The summed E-state index contributed by atoms with van der Waals surface area (Å²) in [7, 11) is 0. The molecule has 108 valence electrons. The van der Waals surface area contributed by atoms with E-state index in [2.05, 4.69) is 19.2 Å². The van der Waals surface area contributed by atoms with E-state index in [1.54, 1.807) is 24.3 Å². The van der Waals surface area contributed by atoms with Crippen molar-refractivity contribution in [3.05, 3.63) is 35.4 Å². The highest BCUT2D eigenvalue weighted by molar-refractivity contribution is 5.97. The number of carbonyl (C=O) groups is 2. The molecular weight excluding hydrogens is 252 g/mol. The van der Waals surface area contributed by atoms with Gasteiger partial charge in [-0.05, 0) is 48.9 Å². The van der Waals surface area contributed by atoms with E-state index < -0.39 is 5.91 Å². The monoisotopic (exact) mass is 274 g/mol. The number of hydrogen-bond donors (Lipinski definition) is 2. The second-order valence-electron chi connectivity index (χ2n) is 5.83. The van der Waals surface area contributed by atoms with E-state index >= 15 is 0 Å². The predicted octanol–water partition coefficient (Wildman–Crippen LogP) is 2.34. The number of rotatable bonds is 3. The smallest absolute Gasteiger partial charge is 0.251 e. The van der Waals surface area contributed by atoms with Crippen LogP contribution in [0.3, 0.4) is 0 Å². The first kappa shape index (κ1) is 14.6. The highest BCUT2D eigenvalue weighted by Crippen LogP contribution is 2.29. The lowest BCUT2D eigenvalue weighted by Gasteiger charge is -2.35. The summed E-state index contributed by atoms with van der Waals surface area (Å²) in [5.74, 6) is 0.457.